The zero-order valence-electron chi connectivity index (χ0n) is 13.9. The van der Waals surface area contributed by atoms with Gasteiger partial charge in [-0.1, -0.05) is 17.7 Å². The Kier molecular flexibility index (Phi) is 4.93. The van der Waals surface area contributed by atoms with Crippen LogP contribution >= 0.6 is 22.9 Å². The first kappa shape index (κ1) is 17.7. The number of hydrogen-bond donors (Lipinski definition) is 2. The fourth-order valence-corrected chi connectivity index (χ4v) is 3.97. The van der Waals surface area contributed by atoms with Gasteiger partial charge in [-0.05, 0) is 18.2 Å². The van der Waals surface area contributed by atoms with E-state index in [1.54, 1.807) is 30.5 Å². The number of aliphatic hydroxyl groups excluding tert-OH is 1. The predicted octanol–water partition coefficient (Wildman–Crippen LogP) is 4.22. The molecule has 3 heterocycles. The van der Waals surface area contributed by atoms with Gasteiger partial charge in [0.2, 0.25) is 0 Å². The third-order valence-corrected chi connectivity index (χ3v) is 5.23. The van der Waals surface area contributed by atoms with E-state index in [-0.39, 0.29) is 12.2 Å². The van der Waals surface area contributed by atoms with Crippen molar-refractivity contribution >= 4 is 44.8 Å². The highest BCUT2D eigenvalue weighted by Crippen LogP contribution is 2.38. The van der Waals surface area contributed by atoms with Crippen LogP contribution in [-0.4, -0.2) is 31.6 Å². The molecule has 9 heteroatoms. The number of pyridine rings is 1. The van der Waals surface area contributed by atoms with E-state index in [4.69, 9.17) is 16.7 Å². The Hall–Kier alpha value is -2.68. The number of benzene rings is 1. The number of halogens is 2. The summed E-state index contributed by atoms with van der Waals surface area (Å²) in [5, 5.41) is 13.0. The molecule has 0 aliphatic heterocycles. The van der Waals surface area contributed by atoms with E-state index < -0.39 is 5.82 Å². The first-order valence-corrected chi connectivity index (χ1v) is 9.24. The van der Waals surface area contributed by atoms with Crippen molar-refractivity contribution in [1.29, 1.82) is 0 Å². The van der Waals surface area contributed by atoms with Crippen molar-refractivity contribution in [1.82, 2.24) is 19.9 Å². The van der Waals surface area contributed by atoms with Gasteiger partial charge in [-0.2, -0.15) is 0 Å². The summed E-state index contributed by atoms with van der Waals surface area (Å²) in [4.78, 5) is 17.1. The first-order valence-electron chi connectivity index (χ1n) is 8.04. The second-order valence-corrected chi connectivity index (χ2v) is 7.02. The largest absolute Gasteiger partial charge is 0.396 e. The van der Waals surface area contributed by atoms with Crippen LogP contribution in [0.3, 0.4) is 0 Å². The summed E-state index contributed by atoms with van der Waals surface area (Å²) >= 11 is 7.46. The summed E-state index contributed by atoms with van der Waals surface area (Å²) < 4.78 is 15.0. The van der Waals surface area contributed by atoms with Crippen LogP contribution in [0, 0.1) is 5.82 Å². The molecule has 2 N–H and O–H groups in total. The normalized spacial score (nSPS) is 11.1. The third kappa shape index (κ3) is 3.59. The number of aliphatic hydroxyl groups is 1. The van der Waals surface area contributed by atoms with Crippen LogP contribution in [0.1, 0.15) is 5.69 Å². The summed E-state index contributed by atoms with van der Waals surface area (Å²) in [5.74, 6) is 0.679. The minimum Gasteiger partial charge on any atom is -0.396 e. The molecule has 0 fully saturated rings. The minimum atomic E-state index is -0.423. The van der Waals surface area contributed by atoms with Crippen LogP contribution < -0.4 is 5.32 Å². The Morgan fingerprint density at radius 3 is 2.89 bits per heavy atom. The Bertz CT molecular complexity index is 1100. The lowest BCUT2D eigenvalue weighted by Gasteiger charge is -2.06. The third-order valence-electron chi connectivity index (χ3n) is 3.82. The highest BCUT2D eigenvalue weighted by molar-refractivity contribution is 7.22. The molecule has 0 saturated heterocycles. The second-order valence-electron chi connectivity index (χ2n) is 5.62. The predicted molar refractivity (Wildman–Crippen MR) is 104 cm³/mol. The van der Waals surface area contributed by atoms with Crippen molar-refractivity contribution in [2.24, 2.45) is 0 Å². The van der Waals surface area contributed by atoms with Crippen LogP contribution in [0.2, 0.25) is 5.02 Å². The van der Waals surface area contributed by atoms with Gasteiger partial charge in [-0.3, -0.25) is 0 Å². The molecular weight excluding hydrogens is 389 g/mol. The van der Waals surface area contributed by atoms with Gasteiger partial charge in [0, 0.05) is 31.0 Å². The van der Waals surface area contributed by atoms with Gasteiger partial charge < -0.3 is 10.4 Å². The van der Waals surface area contributed by atoms with Crippen LogP contribution in [0.25, 0.3) is 20.8 Å². The number of fused-ring (bicyclic) bond motifs is 1. The molecule has 6 nitrogen and oxygen atoms in total. The van der Waals surface area contributed by atoms with Crippen molar-refractivity contribution in [3.8, 4) is 10.6 Å². The summed E-state index contributed by atoms with van der Waals surface area (Å²) in [6.45, 7) is 0.00584. The number of anilines is 2. The van der Waals surface area contributed by atoms with E-state index in [2.05, 4.69) is 25.3 Å². The van der Waals surface area contributed by atoms with Gasteiger partial charge in [-0.25, -0.2) is 24.3 Å². The first-order chi connectivity index (χ1) is 13.2. The molecule has 4 aromatic rings. The lowest BCUT2D eigenvalue weighted by molar-refractivity contribution is 0.298. The molecule has 0 aliphatic carbocycles. The summed E-state index contributed by atoms with van der Waals surface area (Å²) in [5.41, 5.74) is 1.67. The lowest BCUT2D eigenvalue weighted by atomic mass is 10.2. The Labute approximate surface area is 162 Å². The zero-order valence-corrected chi connectivity index (χ0v) is 15.4. The molecule has 0 aliphatic rings. The van der Waals surface area contributed by atoms with E-state index in [1.807, 2.05) is 0 Å². The van der Waals surface area contributed by atoms with E-state index in [1.165, 1.54) is 23.7 Å². The van der Waals surface area contributed by atoms with Gasteiger partial charge in [-0.15, -0.1) is 11.3 Å². The zero-order chi connectivity index (χ0) is 18.8. The standard InChI is InChI=1S/C18H13ClFN5OS/c19-11-2-1-3-12(20)15(11)18-24-13-4-6-21-17(16(13)27-18)25-14-8-10(5-7-26)22-9-23-14/h1-4,6,8-9,26H,5,7H2,(H,21,22,23,25). The van der Waals surface area contributed by atoms with Gasteiger partial charge in [0.1, 0.15) is 23.0 Å². The highest BCUT2D eigenvalue weighted by atomic mass is 35.5. The lowest BCUT2D eigenvalue weighted by Crippen LogP contribution is -2.00. The fraction of sp³-hybridized carbons (Fsp3) is 0.111. The maximum Gasteiger partial charge on any atom is 0.151 e. The van der Waals surface area contributed by atoms with Gasteiger partial charge >= 0.3 is 0 Å². The van der Waals surface area contributed by atoms with Crippen LogP contribution in [0.5, 0.6) is 0 Å². The SMILES string of the molecule is OCCc1cc(Nc2nccc3nc(-c4c(F)cccc4Cl)sc23)ncn1. The quantitative estimate of drug-likeness (QED) is 0.521. The number of thiazole rings is 1. The van der Waals surface area contributed by atoms with Crippen LogP contribution in [0.4, 0.5) is 16.0 Å². The number of nitrogens with one attached hydrogen (secondary N) is 1. The molecule has 1 aromatic carbocycles. The molecule has 4 rings (SSSR count). The fourth-order valence-electron chi connectivity index (χ4n) is 2.59. The van der Waals surface area contributed by atoms with Crippen molar-refractivity contribution in [2.45, 2.75) is 6.42 Å². The molecule has 0 unspecified atom stereocenters. The Morgan fingerprint density at radius 2 is 2.07 bits per heavy atom. The monoisotopic (exact) mass is 401 g/mol. The van der Waals surface area contributed by atoms with Crippen LogP contribution in [-0.2, 0) is 6.42 Å². The average molecular weight is 402 g/mol. The molecule has 0 radical (unpaired) electrons. The molecule has 0 spiro atoms. The second kappa shape index (κ2) is 7.51. The van der Waals surface area contributed by atoms with E-state index in [0.717, 1.165) is 4.70 Å². The number of nitrogens with zero attached hydrogens (tertiary/aromatic N) is 4. The number of hydrogen-bond acceptors (Lipinski definition) is 7. The minimum absolute atomic E-state index is 0.00584. The summed E-state index contributed by atoms with van der Waals surface area (Å²) in [6, 6.07) is 8.04. The summed E-state index contributed by atoms with van der Waals surface area (Å²) in [7, 11) is 0. The molecule has 0 atom stereocenters. The van der Waals surface area contributed by atoms with E-state index in [0.29, 0.717) is 39.3 Å². The van der Waals surface area contributed by atoms with E-state index in [9.17, 15) is 4.39 Å². The Balaban J connectivity index is 1.75. The van der Waals surface area contributed by atoms with Crippen molar-refractivity contribution in [3.05, 3.63) is 59.4 Å². The molecule has 0 amide bonds. The average Bonchev–Trinajstić information content (AvgIpc) is 3.07. The van der Waals surface area contributed by atoms with Crippen molar-refractivity contribution in [2.75, 3.05) is 11.9 Å². The topological polar surface area (TPSA) is 83.8 Å². The van der Waals surface area contributed by atoms with Gasteiger partial charge in [0.15, 0.2) is 5.82 Å². The maximum atomic E-state index is 14.2. The molecule has 27 heavy (non-hydrogen) atoms. The molecular formula is C18H13ClFN5OS. The van der Waals surface area contributed by atoms with Crippen LogP contribution in [0.15, 0.2) is 42.9 Å². The molecule has 0 bridgehead atoms. The molecule has 0 saturated carbocycles. The van der Waals surface area contributed by atoms with Crippen molar-refractivity contribution < 1.29 is 9.50 Å². The van der Waals surface area contributed by atoms with Crippen molar-refractivity contribution in [3.63, 3.8) is 0 Å². The Morgan fingerprint density at radius 1 is 1.19 bits per heavy atom. The number of rotatable bonds is 5. The summed E-state index contributed by atoms with van der Waals surface area (Å²) in [6.07, 6.45) is 3.48. The molecule has 3 aromatic heterocycles. The number of aromatic nitrogens is 4. The van der Waals surface area contributed by atoms with Gasteiger partial charge in [0.05, 0.1) is 20.8 Å². The smallest absolute Gasteiger partial charge is 0.151 e. The maximum absolute atomic E-state index is 14.2. The van der Waals surface area contributed by atoms with E-state index >= 15 is 0 Å². The molecule has 136 valence electrons. The van der Waals surface area contributed by atoms with Gasteiger partial charge in [0.25, 0.3) is 0 Å². The highest BCUT2D eigenvalue weighted by Gasteiger charge is 2.16.